The molecule has 0 spiro atoms. The number of aryl methyl sites for hydroxylation is 1. The maximum absolute atomic E-state index is 10.9. The van der Waals surface area contributed by atoms with Gasteiger partial charge in [-0.05, 0) is 6.92 Å². The molecule has 0 atom stereocenters. The van der Waals surface area contributed by atoms with Crippen molar-refractivity contribution >= 4 is 11.9 Å². The molecule has 0 saturated carbocycles. The lowest BCUT2D eigenvalue weighted by Gasteiger charge is -2.34. The highest BCUT2D eigenvalue weighted by Gasteiger charge is 2.19. The van der Waals surface area contributed by atoms with E-state index < -0.39 is 5.97 Å². The molecule has 0 aliphatic carbocycles. The van der Waals surface area contributed by atoms with E-state index in [9.17, 15) is 4.79 Å². The highest BCUT2D eigenvalue weighted by molar-refractivity contribution is 5.88. The van der Waals surface area contributed by atoms with Gasteiger partial charge in [0.25, 0.3) is 0 Å². The number of hydrogen-bond acceptors (Lipinski definition) is 6. The SMILES string of the molecule is Cc1nc(N2CCN(CCO)CC2)ncc1C(=O)O. The van der Waals surface area contributed by atoms with Gasteiger partial charge in [-0.15, -0.1) is 0 Å². The Morgan fingerprint density at radius 3 is 2.58 bits per heavy atom. The molecule has 1 aromatic rings. The Hall–Kier alpha value is -1.73. The molecule has 0 unspecified atom stereocenters. The molecule has 0 radical (unpaired) electrons. The van der Waals surface area contributed by atoms with Gasteiger partial charge in [-0.2, -0.15) is 0 Å². The maximum Gasteiger partial charge on any atom is 0.339 e. The molecule has 1 aliphatic rings. The second-order valence-corrected chi connectivity index (χ2v) is 4.53. The summed E-state index contributed by atoms with van der Waals surface area (Å²) in [6.45, 7) is 5.80. The second kappa shape index (κ2) is 5.94. The van der Waals surface area contributed by atoms with Gasteiger partial charge in [-0.1, -0.05) is 0 Å². The van der Waals surface area contributed by atoms with Gasteiger partial charge < -0.3 is 15.1 Å². The van der Waals surface area contributed by atoms with Crippen molar-refractivity contribution in [1.82, 2.24) is 14.9 Å². The van der Waals surface area contributed by atoms with Gasteiger partial charge in [0.05, 0.1) is 17.9 Å². The zero-order chi connectivity index (χ0) is 13.8. The van der Waals surface area contributed by atoms with Crippen LogP contribution in [0.2, 0.25) is 0 Å². The van der Waals surface area contributed by atoms with Gasteiger partial charge in [0.2, 0.25) is 5.95 Å². The number of carbonyl (C=O) groups is 1. The highest BCUT2D eigenvalue weighted by Crippen LogP contribution is 2.13. The summed E-state index contributed by atoms with van der Waals surface area (Å²) < 4.78 is 0. The first-order valence-corrected chi connectivity index (χ1v) is 6.27. The van der Waals surface area contributed by atoms with E-state index in [2.05, 4.69) is 14.9 Å². The first-order valence-electron chi connectivity index (χ1n) is 6.27. The summed E-state index contributed by atoms with van der Waals surface area (Å²) in [6, 6.07) is 0. The fourth-order valence-corrected chi connectivity index (χ4v) is 2.13. The number of anilines is 1. The van der Waals surface area contributed by atoms with Crippen molar-refractivity contribution in [2.75, 3.05) is 44.2 Å². The zero-order valence-corrected chi connectivity index (χ0v) is 10.9. The average Bonchev–Trinajstić information content (AvgIpc) is 2.39. The van der Waals surface area contributed by atoms with Crippen LogP contribution < -0.4 is 4.90 Å². The Labute approximate surface area is 111 Å². The van der Waals surface area contributed by atoms with E-state index in [1.807, 2.05) is 4.90 Å². The van der Waals surface area contributed by atoms with Gasteiger partial charge in [-0.25, -0.2) is 14.8 Å². The molecular weight excluding hydrogens is 248 g/mol. The molecule has 0 amide bonds. The van der Waals surface area contributed by atoms with Crippen molar-refractivity contribution in [2.24, 2.45) is 0 Å². The largest absolute Gasteiger partial charge is 0.478 e. The number of aromatic carboxylic acids is 1. The number of piperazine rings is 1. The van der Waals surface area contributed by atoms with Crippen LogP contribution in [-0.2, 0) is 0 Å². The smallest absolute Gasteiger partial charge is 0.339 e. The van der Waals surface area contributed by atoms with Crippen molar-refractivity contribution in [2.45, 2.75) is 6.92 Å². The molecule has 2 N–H and O–H groups in total. The molecule has 1 saturated heterocycles. The van der Waals surface area contributed by atoms with Crippen LogP contribution >= 0.6 is 0 Å². The second-order valence-electron chi connectivity index (χ2n) is 4.53. The first kappa shape index (κ1) is 13.7. The number of aliphatic hydroxyl groups excluding tert-OH is 1. The van der Waals surface area contributed by atoms with Crippen molar-refractivity contribution in [3.05, 3.63) is 17.5 Å². The van der Waals surface area contributed by atoms with E-state index in [-0.39, 0.29) is 12.2 Å². The van der Waals surface area contributed by atoms with Crippen LogP contribution in [0.15, 0.2) is 6.20 Å². The van der Waals surface area contributed by atoms with Crippen LogP contribution in [0.5, 0.6) is 0 Å². The van der Waals surface area contributed by atoms with E-state index in [4.69, 9.17) is 10.2 Å². The normalized spacial score (nSPS) is 16.6. The summed E-state index contributed by atoms with van der Waals surface area (Å²) >= 11 is 0. The predicted molar refractivity (Wildman–Crippen MR) is 69.5 cm³/mol. The van der Waals surface area contributed by atoms with Gasteiger partial charge in [0.1, 0.15) is 0 Å². The Kier molecular flexibility index (Phi) is 4.28. The van der Waals surface area contributed by atoms with Crippen LogP contribution in [0.25, 0.3) is 0 Å². The molecule has 19 heavy (non-hydrogen) atoms. The zero-order valence-electron chi connectivity index (χ0n) is 10.9. The third-order valence-electron chi connectivity index (χ3n) is 3.27. The molecule has 7 heteroatoms. The molecule has 2 heterocycles. The van der Waals surface area contributed by atoms with Crippen LogP contribution in [0, 0.1) is 6.92 Å². The predicted octanol–water partition coefficient (Wildman–Crippen LogP) is -0.402. The first-order chi connectivity index (χ1) is 9.11. The molecule has 1 aliphatic heterocycles. The number of β-amino-alcohol motifs (C(OH)–C–C–N with tert-alkyl or cyclic N) is 1. The lowest BCUT2D eigenvalue weighted by molar-refractivity contribution is 0.0695. The Morgan fingerprint density at radius 2 is 2.05 bits per heavy atom. The minimum Gasteiger partial charge on any atom is -0.478 e. The summed E-state index contributed by atoms with van der Waals surface area (Å²) in [5, 5.41) is 17.8. The number of aliphatic hydroxyl groups is 1. The van der Waals surface area contributed by atoms with Crippen molar-refractivity contribution < 1.29 is 15.0 Å². The fraction of sp³-hybridized carbons (Fsp3) is 0.583. The number of rotatable bonds is 4. The lowest BCUT2D eigenvalue weighted by atomic mass is 10.2. The summed E-state index contributed by atoms with van der Waals surface area (Å²) in [5.74, 6) is -0.428. The van der Waals surface area contributed by atoms with E-state index in [0.29, 0.717) is 18.2 Å². The Bertz CT molecular complexity index is 458. The van der Waals surface area contributed by atoms with Gasteiger partial charge in [0, 0.05) is 38.9 Å². The van der Waals surface area contributed by atoms with Crippen molar-refractivity contribution in [3.63, 3.8) is 0 Å². The quantitative estimate of drug-likeness (QED) is 0.766. The van der Waals surface area contributed by atoms with E-state index in [1.165, 1.54) is 6.20 Å². The number of carboxylic acids is 1. The van der Waals surface area contributed by atoms with Crippen LogP contribution in [0.4, 0.5) is 5.95 Å². The molecule has 0 bridgehead atoms. The van der Waals surface area contributed by atoms with Gasteiger partial charge in [-0.3, -0.25) is 4.90 Å². The van der Waals surface area contributed by atoms with E-state index in [0.717, 1.165) is 26.2 Å². The van der Waals surface area contributed by atoms with Crippen LogP contribution in [0.3, 0.4) is 0 Å². The molecule has 104 valence electrons. The summed E-state index contributed by atoms with van der Waals surface area (Å²) in [7, 11) is 0. The monoisotopic (exact) mass is 266 g/mol. The summed E-state index contributed by atoms with van der Waals surface area (Å²) in [6.07, 6.45) is 1.36. The van der Waals surface area contributed by atoms with Crippen LogP contribution in [0.1, 0.15) is 16.1 Å². The van der Waals surface area contributed by atoms with E-state index >= 15 is 0 Å². The fourth-order valence-electron chi connectivity index (χ4n) is 2.13. The van der Waals surface area contributed by atoms with E-state index in [1.54, 1.807) is 6.92 Å². The molecular formula is C12H18N4O3. The third-order valence-corrected chi connectivity index (χ3v) is 3.27. The van der Waals surface area contributed by atoms with Crippen LogP contribution in [-0.4, -0.2) is 70.4 Å². The third kappa shape index (κ3) is 3.18. The molecule has 1 aromatic heterocycles. The Balaban J connectivity index is 2.04. The Morgan fingerprint density at radius 1 is 1.37 bits per heavy atom. The molecule has 2 rings (SSSR count). The van der Waals surface area contributed by atoms with Crippen molar-refractivity contribution in [3.8, 4) is 0 Å². The molecule has 0 aromatic carbocycles. The van der Waals surface area contributed by atoms with Gasteiger partial charge >= 0.3 is 5.97 Å². The summed E-state index contributed by atoms with van der Waals surface area (Å²) in [4.78, 5) is 23.5. The molecule has 1 fully saturated rings. The molecule has 7 nitrogen and oxygen atoms in total. The number of hydrogen-bond donors (Lipinski definition) is 2. The number of carboxylic acid groups (broad SMARTS) is 1. The minimum atomic E-state index is -1.00. The average molecular weight is 266 g/mol. The highest BCUT2D eigenvalue weighted by atomic mass is 16.4. The topological polar surface area (TPSA) is 89.8 Å². The number of aromatic nitrogens is 2. The standard InChI is InChI=1S/C12H18N4O3/c1-9-10(11(18)19)8-13-12(14-9)16-4-2-15(3-5-16)6-7-17/h8,17H,2-7H2,1H3,(H,18,19). The lowest BCUT2D eigenvalue weighted by Crippen LogP contribution is -2.47. The number of nitrogens with zero attached hydrogens (tertiary/aromatic N) is 4. The van der Waals surface area contributed by atoms with Gasteiger partial charge in [0.15, 0.2) is 0 Å². The maximum atomic E-state index is 10.9. The summed E-state index contributed by atoms with van der Waals surface area (Å²) in [5.41, 5.74) is 0.623. The van der Waals surface area contributed by atoms with Crippen molar-refractivity contribution in [1.29, 1.82) is 0 Å². The minimum absolute atomic E-state index is 0.141.